The third-order valence-corrected chi connectivity index (χ3v) is 8.15. The molecule has 174 valence electrons. The summed E-state index contributed by atoms with van der Waals surface area (Å²) in [6.07, 6.45) is 11.9. The molecule has 1 saturated carbocycles. The van der Waals surface area contributed by atoms with Crippen molar-refractivity contribution in [2.75, 3.05) is 13.2 Å². The van der Waals surface area contributed by atoms with E-state index in [1.165, 1.54) is 47.9 Å². The lowest BCUT2D eigenvalue weighted by molar-refractivity contribution is 0.0620. The van der Waals surface area contributed by atoms with E-state index in [1.54, 1.807) is 0 Å². The Bertz CT molecular complexity index is 736. The molecular formula is C28H44O3. The molecule has 2 aliphatic carbocycles. The summed E-state index contributed by atoms with van der Waals surface area (Å²) in [5.41, 5.74) is 4.92. The van der Waals surface area contributed by atoms with Crippen LogP contribution < -0.4 is 0 Å². The van der Waals surface area contributed by atoms with E-state index in [0.29, 0.717) is 30.1 Å². The molecule has 0 saturated heterocycles. The third-order valence-electron chi connectivity index (χ3n) is 8.15. The van der Waals surface area contributed by atoms with Crippen molar-refractivity contribution in [3.05, 3.63) is 41.0 Å². The monoisotopic (exact) mass is 428 g/mol. The Balaban J connectivity index is 1.80. The second-order valence-electron chi connectivity index (χ2n) is 11.1. The number of hydrogen-bond acceptors (Lipinski definition) is 3. The second kappa shape index (κ2) is 10.2. The molecule has 31 heavy (non-hydrogen) atoms. The molecule has 1 aromatic carbocycles. The molecule has 1 unspecified atom stereocenters. The van der Waals surface area contributed by atoms with Crippen LogP contribution in [0.15, 0.2) is 24.3 Å². The normalized spacial score (nSPS) is 27.1. The Kier molecular flexibility index (Phi) is 8.05. The summed E-state index contributed by atoms with van der Waals surface area (Å²) < 4.78 is 0. The van der Waals surface area contributed by atoms with Crippen LogP contribution in [-0.4, -0.2) is 34.1 Å². The molecule has 0 aliphatic heterocycles. The van der Waals surface area contributed by atoms with Crippen LogP contribution in [0.2, 0.25) is 0 Å². The van der Waals surface area contributed by atoms with Gasteiger partial charge in [-0.25, -0.2) is 0 Å². The summed E-state index contributed by atoms with van der Waals surface area (Å²) in [5.74, 6) is 2.01. The molecule has 3 nitrogen and oxygen atoms in total. The van der Waals surface area contributed by atoms with Crippen molar-refractivity contribution in [3.8, 4) is 0 Å². The number of allylic oxidation sites excluding steroid dienone is 2. The summed E-state index contributed by atoms with van der Waals surface area (Å²) in [6, 6.07) is 6.68. The van der Waals surface area contributed by atoms with Gasteiger partial charge >= 0.3 is 0 Å². The molecule has 3 N–H and O–H groups in total. The van der Waals surface area contributed by atoms with E-state index >= 15 is 0 Å². The van der Waals surface area contributed by atoms with Crippen LogP contribution in [0.4, 0.5) is 0 Å². The van der Waals surface area contributed by atoms with E-state index in [0.717, 1.165) is 25.2 Å². The van der Waals surface area contributed by atoms with Gasteiger partial charge in [0.1, 0.15) is 0 Å². The van der Waals surface area contributed by atoms with Gasteiger partial charge in [-0.2, -0.15) is 0 Å². The summed E-state index contributed by atoms with van der Waals surface area (Å²) in [6.45, 7) is 9.11. The zero-order chi connectivity index (χ0) is 22.6. The first-order valence-electron chi connectivity index (χ1n) is 12.5. The van der Waals surface area contributed by atoms with Gasteiger partial charge in [0.25, 0.3) is 0 Å². The van der Waals surface area contributed by atoms with Crippen molar-refractivity contribution in [2.45, 2.75) is 91.1 Å². The lowest BCUT2D eigenvalue weighted by Crippen LogP contribution is -2.35. The van der Waals surface area contributed by atoms with Crippen LogP contribution in [-0.2, 0) is 12.8 Å². The fraction of sp³-hybridized carbons (Fsp3) is 0.714. The zero-order valence-corrected chi connectivity index (χ0v) is 20.2. The van der Waals surface area contributed by atoms with Gasteiger partial charge in [0.2, 0.25) is 0 Å². The Morgan fingerprint density at radius 2 is 1.71 bits per heavy atom. The van der Waals surface area contributed by atoms with Crippen molar-refractivity contribution >= 4 is 5.57 Å². The first-order chi connectivity index (χ1) is 14.7. The predicted octanol–water partition coefficient (Wildman–Crippen LogP) is 5.54. The molecule has 0 bridgehead atoms. The zero-order valence-electron chi connectivity index (χ0n) is 20.2. The number of rotatable bonds is 10. The molecule has 2 aliphatic rings. The highest BCUT2D eigenvalue weighted by atomic mass is 16.3. The molecular weight excluding hydrogens is 384 g/mol. The average Bonchev–Trinajstić information content (AvgIpc) is 3.04. The first kappa shape index (κ1) is 24.5. The third kappa shape index (κ3) is 5.80. The summed E-state index contributed by atoms with van der Waals surface area (Å²) in [4.78, 5) is 0. The van der Waals surface area contributed by atoms with Crippen LogP contribution in [0, 0.1) is 23.2 Å². The predicted molar refractivity (Wildman–Crippen MR) is 129 cm³/mol. The number of hydrogen-bond donors (Lipinski definition) is 3. The quantitative estimate of drug-likeness (QED) is 0.458. The number of aliphatic hydroxyl groups is 3. The maximum absolute atomic E-state index is 10.1. The van der Waals surface area contributed by atoms with Crippen LogP contribution in [0.1, 0.15) is 89.3 Å². The maximum Gasteiger partial charge on any atom is 0.0591 e. The molecule has 1 aromatic rings. The van der Waals surface area contributed by atoms with Gasteiger partial charge in [0.05, 0.1) is 5.60 Å². The van der Waals surface area contributed by atoms with Crippen LogP contribution >= 0.6 is 0 Å². The molecule has 1 fully saturated rings. The largest absolute Gasteiger partial charge is 0.396 e. The fourth-order valence-corrected chi connectivity index (χ4v) is 6.60. The number of aliphatic hydroxyl groups excluding tert-OH is 2. The molecule has 0 amide bonds. The SMILES string of the molecule is C[C@H](CCCC(C)(C)O)C1CC[C@H]2C(c3cc(CCO)cc(CCO)c3)=CCC[C@]12C. The Hall–Kier alpha value is -1.16. The molecule has 0 heterocycles. The van der Waals surface area contributed by atoms with Gasteiger partial charge in [0.15, 0.2) is 0 Å². The molecule has 3 heteroatoms. The molecule has 3 rings (SSSR count). The Morgan fingerprint density at radius 1 is 1.06 bits per heavy atom. The highest BCUT2D eigenvalue weighted by Gasteiger charge is 2.50. The van der Waals surface area contributed by atoms with Gasteiger partial charge < -0.3 is 15.3 Å². The van der Waals surface area contributed by atoms with E-state index in [-0.39, 0.29) is 13.2 Å². The lowest BCUT2D eigenvalue weighted by atomic mass is 9.61. The Morgan fingerprint density at radius 3 is 2.29 bits per heavy atom. The second-order valence-corrected chi connectivity index (χ2v) is 11.1. The van der Waals surface area contributed by atoms with Gasteiger partial charge in [-0.05, 0) is 104 Å². The van der Waals surface area contributed by atoms with Crippen LogP contribution in [0.5, 0.6) is 0 Å². The first-order valence-corrected chi connectivity index (χ1v) is 12.5. The summed E-state index contributed by atoms with van der Waals surface area (Å²) in [7, 11) is 0. The van der Waals surface area contributed by atoms with E-state index in [9.17, 15) is 15.3 Å². The molecule has 4 atom stereocenters. The van der Waals surface area contributed by atoms with E-state index in [1.807, 2.05) is 13.8 Å². The summed E-state index contributed by atoms with van der Waals surface area (Å²) >= 11 is 0. The highest BCUT2D eigenvalue weighted by Crippen LogP contribution is 2.60. The number of fused-ring (bicyclic) bond motifs is 1. The van der Waals surface area contributed by atoms with Crippen molar-refractivity contribution in [3.63, 3.8) is 0 Å². The standard InChI is InChI=1S/C28H44O3/c1-20(7-5-13-27(2,3)31)25-9-10-26-24(8-6-14-28(25,26)4)23-18-21(11-15-29)17-22(19-23)12-16-30/h8,17-20,25-26,29-31H,5-7,9-16H2,1-4H3/t20-,25?,26+,28-/m1/s1. The molecule has 0 aromatic heterocycles. The van der Waals surface area contributed by atoms with E-state index in [4.69, 9.17) is 0 Å². The molecule has 0 spiro atoms. The van der Waals surface area contributed by atoms with Crippen LogP contribution in [0.25, 0.3) is 5.57 Å². The van der Waals surface area contributed by atoms with E-state index in [2.05, 4.69) is 38.1 Å². The highest BCUT2D eigenvalue weighted by molar-refractivity contribution is 5.70. The van der Waals surface area contributed by atoms with Gasteiger partial charge in [-0.3, -0.25) is 0 Å². The lowest BCUT2D eigenvalue weighted by Gasteiger charge is -2.43. The minimum atomic E-state index is -0.561. The van der Waals surface area contributed by atoms with Gasteiger partial charge in [-0.15, -0.1) is 0 Å². The van der Waals surface area contributed by atoms with Crippen molar-refractivity contribution < 1.29 is 15.3 Å². The fourth-order valence-electron chi connectivity index (χ4n) is 6.60. The van der Waals surface area contributed by atoms with Crippen molar-refractivity contribution in [1.82, 2.24) is 0 Å². The minimum absolute atomic E-state index is 0.159. The maximum atomic E-state index is 10.1. The average molecular weight is 429 g/mol. The minimum Gasteiger partial charge on any atom is -0.396 e. The molecule has 0 radical (unpaired) electrons. The summed E-state index contributed by atoms with van der Waals surface area (Å²) in [5, 5.41) is 29.0. The van der Waals surface area contributed by atoms with Gasteiger partial charge in [-0.1, -0.05) is 51.0 Å². The topological polar surface area (TPSA) is 60.7 Å². The smallest absolute Gasteiger partial charge is 0.0591 e. The Labute approximate surface area is 189 Å². The van der Waals surface area contributed by atoms with Crippen molar-refractivity contribution in [2.24, 2.45) is 23.2 Å². The van der Waals surface area contributed by atoms with E-state index < -0.39 is 5.60 Å². The van der Waals surface area contributed by atoms with Gasteiger partial charge in [0, 0.05) is 13.2 Å². The van der Waals surface area contributed by atoms with Crippen molar-refractivity contribution in [1.29, 1.82) is 0 Å². The van der Waals surface area contributed by atoms with Crippen LogP contribution in [0.3, 0.4) is 0 Å². The number of benzene rings is 1.